The third-order valence-corrected chi connectivity index (χ3v) is 6.15. The van der Waals surface area contributed by atoms with Crippen molar-refractivity contribution >= 4 is 29.1 Å². The number of nitrogens with one attached hydrogen (secondary N) is 3. The van der Waals surface area contributed by atoms with Gasteiger partial charge < -0.3 is 25.8 Å². The van der Waals surface area contributed by atoms with Crippen molar-refractivity contribution in [2.24, 2.45) is 0 Å². The van der Waals surface area contributed by atoms with Crippen LogP contribution in [0.15, 0.2) is 73.1 Å². The van der Waals surface area contributed by atoms with Crippen molar-refractivity contribution in [1.29, 1.82) is 0 Å². The van der Waals surface area contributed by atoms with E-state index in [1.165, 1.54) is 12.1 Å². The highest BCUT2D eigenvalue weighted by Crippen LogP contribution is 2.30. The predicted octanol–water partition coefficient (Wildman–Crippen LogP) is 3.52. The van der Waals surface area contributed by atoms with Gasteiger partial charge in [-0.2, -0.15) is 0 Å². The molecule has 0 atom stereocenters. The van der Waals surface area contributed by atoms with Gasteiger partial charge >= 0.3 is 5.97 Å². The summed E-state index contributed by atoms with van der Waals surface area (Å²) in [6.07, 6.45) is 1.71. The molecule has 10 heteroatoms. The van der Waals surface area contributed by atoms with E-state index >= 15 is 0 Å². The number of amides is 2. The molecule has 0 unspecified atom stereocenters. The van der Waals surface area contributed by atoms with E-state index in [4.69, 9.17) is 4.74 Å². The van der Waals surface area contributed by atoms with E-state index in [1.54, 1.807) is 41.8 Å². The number of carboxylic acids is 1. The maximum absolute atomic E-state index is 13.2. The number of fused-ring (bicyclic) bond motifs is 2. The van der Waals surface area contributed by atoms with E-state index < -0.39 is 11.9 Å². The smallest absolute Gasteiger partial charge is 0.335 e. The molecule has 0 bridgehead atoms. The number of ether oxygens (including phenoxy) is 1. The molecule has 1 aliphatic rings. The van der Waals surface area contributed by atoms with E-state index in [1.807, 2.05) is 18.2 Å². The van der Waals surface area contributed by atoms with E-state index in [0.717, 1.165) is 28.3 Å². The van der Waals surface area contributed by atoms with Crippen LogP contribution in [0.4, 0.5) is 5.69 Å². The van der Waals surface area contributed by atoms with Crippen LogP contribution in [-0.2, 0) is 13.1 Å². The number of carbonyl (C=O) groups is 3. The lowest BCUT2D eigenvalue weighted by Crippen LogP contribution is -2.28. The van der Waals surface area contributed by atoms with Gasteiger partial charge in [0.2, 0.25) is 0 Å². The van der Waals surface area contributed by atoms with E-state index in [9.17, 15) is 19.5 Å². The Kier molecular flexibility index (Phi) is 6.53. The molecular weight excluding hydrogens is 486 g/mol. The lowest BCUT2D eigenvalue weighted by Gasteiger charge is -2.21. The van der Waals surface area contributed by atoms with E-state index in [-0.39, 0.29) is 35.9 Å². The first-order valence-corrected chi connectivity index (χ1v) is 11.9. The molecular formula is C28H25N5O5. The zero-order chi connectivity index (χ0) is 26.8. The van der Waals surface area contributed by atoms with E-state index in [2.05, 4.69) is 27.5 Å². The highest BCUT2D eigenvalue weighted by molar-refractivity contribution is 5.98. The van der Waals surface area contributed by atoms with Gasteiger partial charge in [-0.05, 0) is 60.0 Å². The molecule has 1 aliphatic heterocycles. The first-order chi connectivity index (χ1) is 18.3. The average molecular weight is 512 g/mol. The number of hydrogen-bond donors (Lipinski definition) is 4. The van der Waals surface area contributed by atoms with Gasteiger partial charge in [-0.1, -0.05) is 24.8 Å². The van der Waals surface area contributed by atoms with Crippen molar-refractivity contribution in [1.82, 2.24) is 20.0 Å². The number of nitrogens with zero attached hydrogens (tertiary/aromatic N) is 2. The Hall–Kier alpha value is -5.12. The summed E-state index contributed by atoms with van der Waals surface area (Å²) in [4.78, 5) is 41.7. The van der Waals surface area contributed by atoms with Crippen molar-refractivity contribution < 1.29 is 24.2 Å². The number of anilines is 1. The van der Waals surface area contributed by atoms with Gasteiger partial charge in [-0.15, -0.1) is 0 Å². The van der Waals surface area contributed by atoms with Crippen molar-refractivity contribution in [3.8, 4) is 5.75 Å². The second kappa shape index (κ2) is 10.1. The number of benzene rings is 2. The Morgan fingerprint density at radius 3 is 2.55 bits per heavy atom. The Bertz CT molecular complexity index is 1610. The standard InChI is InChI=1S/C28H25N5O5/c1-16-10-18(5-7-20(16)28(36)37)13-29-26(34)22-12-23(33-9-3-4-25(33)32-22)27(35)30-14-19-6-8-24-21(11-19)31-17(2)15-38-24/h3-12,31H,2,13-15H2,1H3,(H,29,34)(H,30,35)(H,36,37). The molecule has 2 aromatic heterocycles. The third kappa shape index (κ3) is 5.05. The lowest BCUT2D eigenvalue weighted by atomic mass is 10.1. The Morgan fingerprint density at radius 1 is 1.05 bits per heavy atom. The minimum atomic E-state index is -1.00. The summed E-state index contributed by atoms with van der Waals surface area (Å²) in [6, 6.07) is 15.4. The van der Waals surface area contributed by atoms with Crippen molar-refractivity contribution in [2.75, 3.05) is 11.9 Å². The number of carboxylic acid groups (broad SMARTS) is 1. The topological polar surface area (TPSA) is 134 Å². The molecule has 10 nitrogen and oxygen atoms in total. The molecule has 38 heavy (non-hydrogen) atoms. The Balaban J connectivity index is 1.30. The predicted molar refractivity (Wildman–Crippen MR) is 140 cm³/mol. The van der Waals surface area contributed by atoms with Crippen LogP contribution in [0.1, 0.15) is 48.0 Å². The van der Waals surface area contributed by atoms with Gasteiger partial charge in [0.25, 0.3) is 11.8 Å². The Labute approximate surface area is 218 Å². The van der Waals surface area contributed by atoms with Crippen LogP contribution in [0.5, 0.6) is 5.75 Å². The molecule has 4 N–H and O–H groups in total. The molecule has 0 saturated carbocycles. The molecule has 0 saturated heterocycles. The molecule has 2 aromatic carbocycles. The van der Waals surface area contributed by atoms with E-state index in [0.29, 0.717) is 17.8 Å². The quantitative estimate of drug-likeness (QED) is 0.298. The normalized spacial score (nSPS) is 12.3. The maximum atomic E-state index is 13.2. The molecule has 5 rings (SSSR count). The number of carbonyl (C=O) groups excluding carboxylic acids is 2. The molecule has 4 aromatic rings. The average Bonchev–Trinajstić information content (AvgIpc) is 3.38. The monoisotopic (exact) mass is 511 g/mol. The first kappa shape index (κ1) is 24.6. The minimum absolute atomic E-state index is 0.0915. The molecule has 0 spiro atoms. The molecule has 0 radical (unpaired) electrons. The van der Waals surface area contributed by atoms with Crippen LogP contribution in [0.2, 0.25) is 0 Å². The summed E-state index contributed by atoms with van der Waals surface area (Å²) in [7, 11) is 0. The zero-order valence-corrected chi connectivity index (χ0v) is 20.6. The fraction of sp³-hybridized carbons (Fsp3) is 0.143. The van der Waals surface area contributed by atoms with Crippen LogP contribution in [0.25, 0.3) is 5.65 Å². The largest absolute Gasteiger partial charge is 0.485 e. The van der Waals surface area contributed by atoms with Crippen LogP contribution in [0, 0.1) is 6.92 Å². The molecule has 0 fully saturated rings. The fourth-order valence-electron chi connectivity index (χ4n) is 4.24. The summed E-state index contributed by atoms with van der Waals surface area (Å²) >= 11 is 0. The van der Waals surface area contributed by atoms with Gasteiger partial charge in [-0.3, -0.25) is 14.0 Å². The summed E-state index contributed by atoms with van der Waals surface area (Å²) in [6.45, 7) is 6.43. The number of aryl methyl sites for hydroxylation is 1. The first-order valence-electron chi connectivity index (χ1n) is 11.9. The van der Waals surface area contributed by atoms with Gasteiger partial charge in [0, 0.05) is 25.0 Å². The fourth-order valence-corrected chi connectivity index (χ4v) is 4.24. The van der Waals surface area contributed by atoms with Gasteiger partial charge in [0.15, 0.2) is 0 Å². The highest BCUT2D eigenvalue weighted by atomic mass is 16.5. The lowest BCUT2D eigenvalue weighted by molar-refractivity contribution is 0.0695. The second-order valence-electron chi connectivity index (χ2n) is 8.93. The highest BCUT2D eigenvalue weighted by Gasteiger charge is 2.18. The molecule has 3 heterocycles. The molecule has 192 valence electrons. The van der Waals surface area contributed by atoms with Crippen LogP contribution < -0.4 is 20.7 Å². The molecule has 2 amide bonds. The summed E-state index contributed by atoms with van der Waals surface area (Å²) in [5.74, 6) is -1.10. The number of aromatic nitrogens is 2. The SMILES string of the molecule is C=C1COc2ccc(CNC(=O)c3cc(C(=O)NCc4ccc(C(=O)O)c(C)c4)nc4cccn34)cc2N1. The van der Waals surface area contributed by atoms with Crippen LogP contribution in [0.3, 0.4) is 0 Å². The van der Waals surface area contributed by atoms with Gasteiger partial charge in [-0.25, -0.2) is 9.78 Å². The summed E-state index contributed by atoms with van der Waals surface area (Å²) < 4.78 is 7.23. The zero-order valence-electron chi connectivity index (χ0n) is 20.6. The maximum Gasteiger partial charge on any atom is 0.335 e. The van der Waals surface area contributed by atoms with Gasteiger partial charge in [0.05, 0.1) is 11.3 Å². The van der Waals surface area contributed by atoms with Crippen LogP contribution >= 0.6 is 0 Å². The van der Waals surface area contributed by atoms with Crippen molar-refractivity contribution in [3.63, 3.8) is 0 Å². The summed E-state index contributed by atoms with van der Waals surface area (Å²) in [5, 5.41) is 18.1. The summed E-state index contributed by atoms with van der Waals surface area (Å²) in [5.41, 5.74) is 4.77. The van der Waals surface area contributed by atoms with Gasteiger partial charge in [0.1, 0.15) is 29.4 Å². The second-order valence-corrected chi connectivity index (χ2v) is 8.93. The van der Waals surface area contributed by atoms with Crippen LogP contribution in [-0.4, -0.2) is 38.9 Å². The number of aromatic carboxylic acids is 1. The van der Waals surface area contributed by atoms with Crippen molar-refractivity contribution in [2.45, 2.75) is 20.0 Å². The number of hydrogen-bond acceptors (Lipinski definition) is 6. The van der Waals surface area contributed by atoms with Crippen molar-refractivity contribution in [3.05, 3.63) is 107 Å². The number of rotatable bonds is 7. The third-order valence-electron chi connectivity index (χ3n) is 6.15. The molecule has 0 aliphatic carbocycles. The Morgan fingerprint density at radius 2 is 1.79 bits per heavy atom. The minimum Gasteiger partial charge on any atom is -0.485 e.